The van der Waals surface area contributed by atoms with Crippen LogP contribution in [0.2, 0.25) is 0 Å². The molecular formula is C15H20N2O4. The first-order valence-electron chi connectivity index (χ1n) is 7.25. The van der Waals surface area contributed by atoms with Crippen molar-refractivity contribution >= 4 is 11.6 Å². The molecule has 1 N–H and O–H groups in total. The van der Waals surface area contributed by atoms with E-state index < -0.39 is 4.92 Å². The molecule has 21 heavy (non-hydrogen) atoms. The Labute approximate surface area is 123 Å². The molecule has 1 aliphatic rings. The smallest absolute Gasteiger partial charge is 0.269 e. The Morgan fingerprint density at radius 3 is 2.76 bits per heavy atom. The molecule has 0 spiro atoms. The molecule has 0 radical (unpaired) electrons. The number of carbonyl (C=O) groups excluding carboxylic acids is 1. The standard InChI is InChI=1S/C15H20N2O4/c18-9-3-8-16(13-5-2-6-13)15(19)11-12-4-1-7-14(10-12)17(20)21/h1,4,7,10,13,18H,2-3,5-6,8-9,11H2. The lowest BCUT2D eigenvalue weighted by molar-refractivity contribution is -0.384. The summed E-state index contributed by atoms with van der Waals surface area (Å²) in [5, 5.41) is 19.7. The van der Waals surface area contributed by atoms with Gasteiger partial charge in [-0.05, 0) is 31.2 Å². The Morgan fingerprint density at radius 1 is 1.43 bits per heavy atom. The number of aliphatic hydroxyl groups is 1. The van der Waals surface area contributed by atoms with Crippen molar-refractivity contribution in [1.82, 2.24) is 4.90 Å². The van der Waals surface area contributed by atoms with Gasteiger partial charge < -0.3 is 10.0 Å². The molecule has 2 rings (SSSR count). The van der Waals surface area contributed by atoms with Crippen LogP contribution in [0.15, 0.2) is 24.3 Å². The van der Waals surface area contributed by atoms with Gasteiger partial charge in [-0.2, -0.15) is 0 Å². The molecule has 0 unspecified atom stereocenters. The second-order valence-electron chi connectivity index (χ2n) is 5.35. The van der Waals surface area contributed by atoms with Crippen molar-refractivity contribution in [3.63, 3.8) is 0 Å². The van der Waals surface area contributed by atoms with Crippen LogP contribution < -0.4 is 0 Å². The van der Waals surface area contributed by atoms with Gasteiger partial charge in [0.05, 0.1) is 11.3 Å². The van der Waals surface area contributed by atoms with Crippen LogP contribution >= 0.6 is 0 Å². The second-order valence-corrected chi connectivity index (χ2v) is 5.35. The van der Waals surface area contributed by atoms with E-state index in [0.717, 1.165) is 19.3 Å². The van der Waals surface area contributed by atoms with Gasteiger partial charge >= 0.3 is 0 Å². The van der Waals surface area contributed by atoms with Crippen LogP contribution in [0.25, 0.3) is 0 Å². The van der Waals surface area contributed by atoms with E-state index in [4.69, 9.17) is 5.11 Å². The summed E-state index contributed by atoms with van der Waals surface area (Å²) in [6, 6.07) is 6.47. The lowest BCUT2D eigenvalue weighted by atomic mass is 9.91. The topological polar surface area (TPSA) is 83.7 Å². The van der Waals surface area contributed by atoms with Crippen molar-refractivity contribution in [2.45, 2.75) is 38.1 Å². The molecule has 1 amide bonds. The molecule has 0 atom stereocenters. The van der Waals surface area contributed by atoms with Gasteiger partial charge in [0.25, 0.3) is 5.69 Å². The minimum absolute atomic E-state index is 0.00542. The Hall–Kier alpha value is -1.95. The van der Waals surface area contributed by atoms with Gasteiger partial charge in [0.2, 0.25) is 5.91 Å². The number of nitro groups is 1. The monoisotopic (exact) mass is 292 g/mol. The third-order valence-electron chi connectivity index (χ3n) is 3.87. The van der Waals surface area contributed by atoms with Crippen LogP contribution in [0.4, 0.5) is 5.69 Å². The first-order chi connectivity index (χ1) is 10.1. The summed E-state index contributed by atoms with van der Waals surface area (Å²) in [7, 11) is 0. The van der Waals surface area contributed by atoms with Gasteiger partial charge in [0.1, 0.15) is 0 Å². The first kappa shape index (κ1) is 15.4. The predicted molar refractivity (Wildman–Crippen MR) is 77.9 cm³/mol. The number of hydrogen-bond donors (Lipinski definition) is 1. The van der Waals surface area contributed by atoms with Gasteiger partial charge in [0.15, 0.2) is 0 Å². The van der Waals surface area contributed by atoms with E-state index >= 15 is 0 Å². The fraction of sp³-hybridized carbons (Fsp3) is 0.533. The predicted octanol–water partition coefficient (Wildman–Crippen LogP) is 1.90. The second kappa shape index (κ2) is 7.17. The number of aliphatic hydroxyl groups excluding tert-OH is 1. The largest absolute Gasteiger partial charge is 0.396 e. The molecule has 0 aromatic heterocycles. The zero-order chi connectivity index (χ0) is 15.2. The van der Waals surface area contributed by atoms with Crippen molar-refractivity contribution < 1.29 is 14.8 Å². The first-order valence-corrected chi connectivity index (χ1v) is 7.25. The van der Waals surface area contributed by atoms with Gasteiger partial charge in [-0.3, -0.25) is 14.9 Å². The van der Waals surface area contributed by atoms with Crippen molar-refractivity contribution in [3.05, 3.63) is 39.9 Å². The number of amides is 1. The van der Waals surface area contributed by atoms with Crippen molar-refractivity contribution in [2.24, 2.45) is 0 Å². The Morgan fingerprint density at radius 2 is 2.19 bits per heavy atom. The summed E-state index contributed by atoms with van der Waals surface area (Å²) in [4.78, 5) is 24.5. The van der Waals surface area contributed by atoms with E-state index in [1.165, 1.54) is 12.1 Å². The summed E-state index contributed by atoms with van der Waals surface area (Å²) < 4.78 is 0. The number of nitrogens with zero attached hydrogens (tertiary/aromatic N) is 2. The van der Waals surface area contributed by atoms with E-state index in [1.54, 1.807) is 12.1 Å². The van der Waals surface area contributed by atoms with Crippen LogP contribution in [-0.2, 0) is 11.2 Å². The van der Waals surface area contributed by atoms with Crippen LogP contribution in [-0.4, -0.2) is 40.0 Å². The number of benzene rings is 1. The van der Waals surface area contributed by atoms with Gasteiger partial charge in [0, 0.05) is 31.3 Å². The highest BCUT2D eigenvalue weighted by Crippen LogP contribution is 2.26. The molecule has 114 valence electrons. The lowest BCUT2D eigenvalue weighted by Gasteiger charge is -2.37. The number of hydrogen-bond acceptors (Lipinski definition) is 4. The third kappa shape index (κ3) is 4.01. The lowest BCUT2D eigenvalue weighted by Crippen LogP contribution is -2.45. The molecule has 6 heteroatoms. The molecule has 0 bridgehead atoms. The van der Waals surface area contributed by atoms with E-state index in [0.29, 0.717) is 18.5 Å². The molecule has 1 aromatic carbocycles. The maximum absolute atomic E-state index is 12.4. The number of carbonyl (C=O) groups is 1. The van der Waals surface area contributed by atoms with Gasteiger partial charge in [-0.15, -0.1) is 0 Å². The van der Waals surface area contributed by atoms with Crippen LogP contribution in [0, 0.1) is 10.1 Å². The van der Waals surface area contributed by atoms with E-state index in [2.05, 4.69) is 0 Å². The number of rotatable bonds is 7. The van der Waals surface area contributed by atoms with Crippen molar-refractivity contribution in [2.75, 3.05) is 13.2 Å². The fourth-order valence-electron chi connectivity index (χ4n) is 2.51. The van der Waals surface area contributed by atoms with Crippen molar-refractivity contribution in [1.29, 1.82) is 0 Å². The highest BCUT2D eigenvalue weighted by Gasteiger charge is 2.28. The maximum Gasteiger partial charge on any atom is 0.269 e. The Bertz CT molecular complexity index is 514. The van der Waals surface area contributed by atoms with E-state index in [-0.39, 0.29) is 30.7 Å². The van der Waals surface area contributed by atoms with Gasteiger partial charge in [-0.25, -0.2) is 0 Å². The Kier molecular flexibility index (Phi) is 5.27. The minimum atomic E-state index is -0.455. The molecular weight excluding hydrogens is 272 g/mol. The summed E-state index contributed by atoms with van der Waals surface area (Å²) >= 11 is 0. The molecule has 0 heterocycles. The number of non-ortho nitro benzene ring substituents is 1. The molecule has 1 saturated carbocycles. The van der Waals surface area contributed by atoms with E-state index in [1.807, 2.05) is 4.90 Å². The zero-order valence-corrected chi connectivity index (χ0v) is 11.9. The minimum Gasteiger partial charge on any atom is -0.396 e. The SMILES string of the molecule is O=C(Cc1cccc([N+](=O)[O-])c1)N(CCCO)C1CCC1. The fourth-order valence-corrected chi connectivity index (χ4v) is 2.51. The van der Waals surface area contributed by atoms with Crippen LogP contribution in [0.3, 0.4) is 0 Å². The summed E-state index contributed by atoms with van der Waals surface area (Å²) in [6.07, 6.45) is 3.88. The average Bonchev–Trinajstić information content (AvgIpc) is 2.41. The molecule has 6 nitrogen and oxygen atoms in total. The maximum atomic E-state index is 12.4. The normalized spacial score (nSPS) is 14.5. The quantitative estimate of drug-likeness (QED) is 0.614. The average molecular weight is 292 g/mol. The summed E-state index contributed by atoms with van der Waals surface area (Å²) in [5.74, 6) is -0.0198. The highest BCUT2D eigenvalue weighted by molar-refractivity contribution is 5.79. The Balaban J connectivity index is 2.03. The van der Waals surface area contributed by atoms with Crippen LogP contribution in [0.5, 0.6) is 0 Å². The molecule has 0 saturated heterocycles. The van der Waals surface area contributed by atoms with Crippen molar-refractivity contribution in [3.8, 4) is 0 Å². The highest BCUT2D eigenvalue weighted by atomic mass is 16.6. The number of nitro benzene ring substituents is 1. The molecule has 1 aliphatic carbocycles. The molecule has 1 aromatic rings. The molecule has 0 aliphatic heterocycles. The summed E-state index contributed by atoms with van der Waals surface area (Å²) in [5.41, 5.74) is 0.661. The summed E-state index contributed by atoms with van der Waals surface area (Å²) in [6.45, 7) is 0.613. The molecule has 1 fully saturated rings. The van der Waals surface area contributed by atoms with Gasteiger partial charge in [-0.1, -0.05) is 12.1 Å². The van der Waals surface area contributed by atoms with Crippen LogP contribution in [0.1, 0.15) is 31.2 Å². The zero-order valence-electron chi connectivity index (χ0n) is 11.9. The van der Waals surface area contributed by atoms with E-state index in [9.17, 15) is 14.9 Å². The third-order valence-corrected chi connectivity index (χ3v) is 3.87.